The fourth-order valence-electron chi connectivity index (χ4n) is 3.76. The molecule has 0 saturated carbocycles. The van der Waals surface area contributed by atoms with Gasteiger partial charge in [-0.2, -0.15) is 13.2 Å². The van der Waals surface area contributed by atoms with Crippen LogP contribution in [0.15, 0.2) is 104 Å². The summed E-state index contributed by atoms with van der Waals surface area (Å²) in [5.41, 5.74) is 4.35. The monoisotopic (exact) mass is 520 g/mol. The third-order valence-electron chi connectivity index (χ3n) is 5.77. The Morgan fingerprint density at radius 2 is 1.39 bits per heavy atom. The molecule has 1 unspecified atom stereocenters. The van der Waals surface area contributed by atoms with Crippen LogP contribution in [0.2, 0.25) is 0 Å². The van der Waals surface area contributed by atoms with Crippen molar-refractivity contribution in [2.75, 3.05) is 0 Å². The highest BCUT2D eigenvalue weighted by Gasteiger charge is 2.30. The summed E-state index contributed by atoms with van der Waals surface area (Å²) in [6.45, 7) is 7.96. The molecule has 2 N–H and O–H groups in total. The Kier molecular flexibility index (Phi) is 9.44. The number of aliphatic carboxylic acids is 1. The zero-order valence-electron chi connectivity index (χ0n) is 21.2. The summed E-state index contributed by atoms with van der Waals surface area (Å²) in [5.74, 6) is -1.04. The van der Waals surface area contributed by atoms with Crippen LogP contribution in [0.1, 0.15) is 32.1 Å². The van der Waals surface area contributed by atoms with Gasteiger partial charge in [0.1, 0.15) is 6.04 Å². The molecular formula is C31H31F3N2O2. The third-order valence-corrected chi connectivity index (χ3v) is 5.77. The van der Waals surface area contributed by atoms with Crippen LogP contribution in [0.5, 0.6) is 0 Å². The first-order valence-corrected chi connectivity index (χ1v) is 12.2. The van der Waals surface area contributed by atoms with Gasteiger partial charge in [0.05, 0.1) is 5.56 Å². The first-order valence-electron chi connectivity index (χ1n) is 12.2. The Hall–Kier alpha value is -4.39. The number of halogens is 3. The summed E-state index contributed by atoms with van der Waals surface area (Å²) < 4.78 is 38.4. The average Bonchev–Trinajstić information content (AvgIpc) is 2.94. The van der Waals surface area contributed by atoms with E-state index in [0.717, 1.165) is 28.8 Å². The molecule has 4 nitrogen and oxygen atoms in total. The van der Waals surface area contributed by atoms with Crippen molar-refractivity contribution in [2.45, 2.75) is 32.5 Å². The van der Waals surface area contributed by atoms with Crippen molar-refractivity contribution < 1.29 is 24.5 Å². The lowest BCUT2D eigenvalue weighted by Crippen LogP contribution is -2.37. The topological polar surface area (TPSA) is 62.2 Å². The number of nitrogens with zero attached hydrogens (tertiary/aromatic N) is 1. The fraction of sp³-hybridized carbons (Fsp3) is 0.161. The van der Waals surface area contributed by atoms with Crippen LogP contribution in [0, 0.1) is 0 Å². The highest BCUT2D eigenvalue weighted by atomic mass is 19.4. The maximum Gasteiger partial charge on any atom is 0.416 e. The molecule has 0 aliphatic rings. The van der Waals surface area contributed by atoms with Crippen molar-refractivity contribution in [2.24, 2.45) is 0 Å². The number of carbonyl (C=O) groups is 1. The predicted molar refractivity (Wildman–Crippen MR) is 147 cm³/mol. The van der Waals surface area contributed by atoms with Gasteiger partial charge in [-0.1, -0.05) is 93.2 Å². The van der Waals surface area contributed by atoms with Crippen LogP contribution in [0.4, 0.5) is 13.2 Å². The van der Waals surface area contributed by atoms with E-state index in [1.165, 1.54) is 12.1 Å². The van der Waals surface area contributed by atoms with Crippen molar-refractivity contribution in [1.82, 2.24) is 10.3 Å². The molecule has 0 saturated heterocycles. The molecule has 0 bridgehead atoms. The number of pyridine rings is 1. The van der Waals surface area contributed by atoms with E-state index in [9.17, 15) is 23.1 Å². The molecule has 0 radical (unpaired) electrons. The number of carboxylic acid groups (broad SMARTS) is 1. The van der Waals surface area contributed by atoms with Crippen LogP contribution in [-0.2, 0) is 17.4 Å². The predicted octanol–water partition coefficient (Wildman–Crippen LogP) is 7.96. The van der Waals surface area contributed by atoms with E-state index < -0.39 is 23.8 Å². The number of aromatic nitrogens is 1. The van der Waals surface area contributed by atoms with Crippen molar-refractivity contribution in [3.63, 3.8) is 0 Å². The van der Waals surface area contributed by atoms with Gasteiger partial charge in [0.2, 0.25) is 0 Å². The Bertz CT molecular complexity index is 1340. The van der Waals surface area contributed by atoms with Gasteiger partial charge in [-0.15, -0.1) is 0 Å². The van der Waals surface area contributed by atoms with E-state index in [0.29, 0.717) is 22.5 Å². The van der Waals surface area contributed by atoms with E-state index in [4.69, 9.17) is 0 Å². The Morgan fingerprint density at radius 3 is 1.89 bits per heavy atom. The summed E-state index contributed by atoms with van der Waals surface area (Å²) in [6.07, 6.45) is -2.50. The minimum atomic E-state index is -4.38. The van der Waals surface area contributed by atoms with Crippen LogP contribution in [-0.4, -0.2) is 22.1 Å². The molecule has 3 aromatic carbocycles. The summed E-state index contributed by atoms with van der Waals surface area (Å²) in [5, 5.41) is 12.7. The summed E-state index contributed by atoms with van der Waals surface area (Å²) in [4.78, 5) is 16.3. The smallest absolute Gasteiger partial charge is 0.416 e. The number of hydrogen-bond acceptors (Lipinski definition) is 3. The highest BCUT2D eigenvalue weighted by molar-refractivity contribution is 5.77. The Labute approximate surface area is 222 Å². The lowest BCUT2D eigenvalue weighted by molar-refractivity contribution is -0.139. The maximum atomic E-state index is 12.8. The van der Waals surface area contributed by atoms with Crippen LogP contribution in [0.25, 0.3) is 28.0 Å². The fourth-order valence-corrected chi connectivity index (χ4v) is 3.76. The minimum absolute atomic E-state index is 0. The van der Waals surface area contributed by atoms with Crippen LogP contribution in [0.3, 0.4) is 0 Å². The molecule has 4 aromatic rings. The Balaban J connectivity index is 0.00000174. The number of carboxylic acids is 1. The molecule has 4 rings (SSSR count). The molecule has 0 fully saturated rings. The summed E-state index contributed by atoms with van der Waals surface area (Å²) in [6, 6.07) is 24.5. The molecule has 7 heteroatoms. The lowest BCUT2D eigenvalue weighted by atomic mass is 10.0. The van der Waals surface area contributed by atoms with Gasteiger partial charge in [0, 0.05) is 31.0 Å². The molecule has 38 heavy (non-hydrogen) atoms. The molecule has 0 amide bonds. The second-order valence-electron chi connectivity index (χ2n) is 8.27. The van der Waals surface area contributed by atoms with Crippen molar-refractivity contribution in [3.8, 4) is 22.3 Å². The van der Waals surface area contributed by atoms with E-state index in [-0.39, 0.29) is 7.85 Å². The van der Waals surface area contributed by atoms with Crippen LogP contribution < -0.4 is 5.32 Å². The Morgan fingerprint density at radius 1 is 0.868 bits per heavy atom. The first kappa shape index (κ1) is 28.2. The highest BCUT2D eigenvalue weighted by Crippen LogP contribution is 2.31. The number of nitrogens with one attached hydrogen (secondary N) is 1. The minimum Gasteiger partial charge on any atom is -0.480 e. The largest absolute Gasteiger partial charge is 0.480 e. The molecule has 198 valence electrons. The van der Waals surface area contributed by atoms with Crippen LogP contribution >= 0.6 is 0 Å². The van der Waals surface area contributed by atoms with Crippen molar-refractivity contribution >= 4 is 11.7 Å². The van der Waals surface area contributed by atoms with Gasteiger partial charge >= 0.3 is 12.1 Å². The summed E-state index contributed by atoms with van der Waals surface area (Å²) in [7, 11) is 0. The van der Waals surface area contributed by atoms with E-state index in [2.05, 4.69) is 16.9 Å². The summed E-state index contributed by atoms with van der Waals surface area (Å²) >= 11 is 0. The van der Waals surface area contributed by atoms with Crippen molar-refractivity contribution in [3.05, 3.63) is 121 Å². The number of benzene rings is 3. The quantitative estimate of drug-likeness (QED) is 0.247. The van der Waals surface area contributed by atoms with Gasteiger partial charge in [0.25, 0.3) is 0 Å². The number of hydrogen-bond donors (Lipinski definition) is 2. The second kappa shape index (κ2) is 12.7. The third kappa shape index (κ3) is 7.32. The zero-order chi connectivity index (χ0) is 27.7. The van der Waals surface area contributed by atoms with Gasteiger partial charge in [-0.05, 0) is 40.5 Å². The van der Waals surface area contributed by atoms with E-state index >= 15 is 0 Å². The SMILES string of the molecule is C=C(NC(Cc1ccc(-c2ccccc2)cn1)C(=O)O)c1ccc(-c2ccc(C(F)(F)F)cc2)cc1.CC.[HH]. The lowest BCUT2D eigenvalue weighted by Gasteiger charge is -2.18. The maximum absolute atomic E-state index is 12.8. The number of alkyl halides is 3. The van der Waals surface area contributed by atoms with E-state index in [1.807, 2.05) is 56.3 Å². The number of rotatable bonds is 8. The second-order valence-corrected chi connectivity index (χ2v) is 8.27. The molecule has 0 spiro atoms. The molecule has 1 atom stereocenters. The normalized spacial score (nSPS) is 11.6. The molecule has 0 aliphatic carbocycles. The average molecular weight is 521 g/mol. The standard InChI is InChI=1S/C29H23F3N2O2.C2H6.H2/c1-19(20-7-9-22(10-8-20)23-11-14-25(15-12-23)29(30,31)32)34-27(28(35)36)17-26-16-13-24(18-33-26)21-5-3-2-4-6-21;1-2;/h2-16,18,27,34H,1,17H2,(H,35,36);1-2H3;1H. The van der Waals surface area contributed by atoms with Gasteiger partial charge < -0.3 is 10.4 Å². The van der Waals surface area contributed by atoms with Crippen molar-refractivity contribution in [1.29, 1.82) is 0 Å². The first-order chi connectivity index (χ1) is 18.2. The molecular weight excluding hydrogens is 489 g/mol. The zero-order valence-corrected chi connectivity index (χ0v) is 21.2. The van der Waals surface area contributed by atoms with E-state index in [1.54, 1.807) is 30.5 Å². The molecule has 0 aliphatic heterocycles. The molecule has 1 heterocycles. The molecule has 1 aromatic heterocycles. The van der Waals surface area contributed by atoms with Gasteiger partial charge in [0.15, 0.2) is 0 Å². The van der Waals surface area contributed by atoms with Gasteiger partial charge in [-0.3, -0.25) is 4.98 Å². The van der Waals surface area contributed by atoms with Gasteiger partial charge in [-0.25, -0.2) is 4.79 Å².